The first-order valence-corrected chi connectivity index (χ1v) is 8.05. The molecule has 0 saturated heterocycles. The van der Waals surface area contributed by atoms with E-state index in [1.165, 1.54) is 6.42 Å². The zero-order chi connectivity index (χ0) is 16.0. The van der Waals surface area contributed by atoms with Gasteiger partial charge in [0.25, 0.3) is 0 Å². The second kappa shape index (κ2) is 8.05. The molecule has 0 N–H and O–H groups in total. The predicted molar refractivity (Wildman–Crippen MR) is 86.7 cm³/mol. The van der Waals surface area contributed by atoms with E-state index in [9.17, 15) is 4.79 Å². The van der Waals surface area contributed by atoms with E-state index >= 15 is 0 Å². The molecule has 0 aromatic heterocycles. The van der Waals surface area contributed by atoms with E-state index in [2.05, 4.69) is 55.4 Å². The van der Waals surface area contributed by atoms with Gasteiger partial charge >= 0.3 is 5.97 Å². The lowest BCUT2D eigenvalue weighted by atomic mass is 9.84. The van der Waals surface area contributed by atoms with Crippen molar-refractivity contribution < 1.29 is 9.53 Å². The van der Waals surface area contributed by atoms with Gasteiger partial charge in [0, 0.05) is 6.42 Å². The zero-order valence-electron chi connectivity index (χ0n) is 15.0. The molecule has 0 aromatic rings. The number of ether oxygens (including phenoxy) is 1. The molecule has 0 bridgehead atoms. The molecule has 20 heavy (non-hydrogen) atoms. The van der Waals surface area contributed by atoms with Gasteiger partial charge in [-0.2, -0.15) is 0 Å². The molecule has 0 aliphatic carbocycles. The van der Waals surface area contributed by atoms with Gasteiger partial charge in [0.15, 0.2) is 0 Å². The normalized spacial score (nSPS) is 15.8. The van der Waals surface area contributed by atoms with Crippen LogP contribution in [0.4, 0.5) is 0 Å². The van der Waals surface area contributed by atoms with E-state index < -0.39 is 0 Å². The summed E-state index contributed by atoms with van der Waals surface area (Å²) in [7, 11) is 0. The van der Waals surface area contributed by atoms with Gasteiger partial charge < -0.3 is 4.74 Å². The van der Waals surface area contributed by atoms with Crippen molar-refractivity contribution >= 4 is 5.97 Å². The molecule has 0 heterocycles. The van der Waals surface area contributed by atoms with Crippen LogP contribution in [-0.2, 0) is 9.53 Å². The van der Waals surface area contributed by atoms with E-state index in [1.807, 2.05) is 0 Å². The Kier molecular flexibility index (Phi) is 7.83. The molecule has 0 aliphatic rings. The van der Waals surface area contributed by atoms with Gasteiger partial charge in [0.05, 0.1) is 6.61 Å². The van der Waals surface area contributed by atoms with Crippen molar-refractivity contribution in [3.05, 3.63) is 0 Å². The Morgan fingerprint density at radius 1 is 0.900 bits per heavy atom. The average Bonchev–Trinajstić information content (AvgIpc) is 2.10. The maximum Gasteiger partial charge on any atom is 0.306 e. The third-order valence-corrected chi connectivity index (χ3v) is 3.31. The van der Waals surface area contributed by atoms with Crippen LogP contribution >= 0.6 is 0 Å². The first-order valence-electron chi connectivity index (χ1n) is 8.05. The van der Waals surface area contributed by atoms with Gasteiger partial charge in [-0.15, -0.1) is 0 Å². The molecule has 2 nitrogen and oxygen atoms in total. The Bertz CT molecular complexity index is 281. The fourth-order valence-electron chi connectivity index (χ4n) is 2.98. The quantitative estimate of drug-likeness (QED) is 0.581. The van der Waals surface area contributed by atoms with Crippen LogP contribution in [0, 0.1) is 22.7 Å². The summed E-state index contributed by atoms with van der Waals surface area (Å²) in [5.41, 5.74) is 0.631. The van der Waals surface area contributed by atoms with Crippen LogP contribution in [0.15, 0.2) is 0 Å². The minimum absolute atomic E-state index is 0.0373. The van der Waals surface area contributed by atoms with Crippen LogP contribution in [0.5, 0.6) is 0 Å². The topological polar surface area (TPSA) is 26.3 Å². The molecule has 0 amide bonds. The number of hydrogen-bond donors (Lipinski definition) is 0. The highest BCUT2D eigenvalue weighted by Gasteiger charge is 2.19. The second-order valence-corrected chi connectivity index (χ2v) is 8.95. The molecule has 0 aromatic carbocycles. The van der Waals surface area contributed by atoms with E-state index in [0.717, 1.165) is 12.8 Å². The van der Waals surface area contributed by atoms with Crippen LogP contribution in [-0.4, -0.2) is 12.6 Å². The van der Waals surface area contributed by atoms with Crippen LogP contribution in [0.1, 0.15) is 81.1 Å². The van der Waals surface area contributed by atoms with Crippen molar-refractivity contribution in [3.63, 3.8) is 0 Å². The van der Waals surface area contributed by atoms with Crippen molar-refractivity contribution in [2.24, 2.45) is 22.7 Å². The van der Waals surface area contributed by atoms with Crippen molar-refractivity contribution in [2.75, 3.05) is 6.61 Å². The van der Waals surface area contributed by atoms with E-state index in [4.69, 9.17) is 4.74 Å². The number of carbonyl (C=O) groups excluding carboxylic acids is 1. The summed E-state index contributed by atoms with van der Waals surface area (Å²) in [5, 5.41) is 0. The largest absolute Gasteiger partial charge is 0.466 e. The van der Waals surface area contributed by atoms with Gasteiger partial charge in [-0.1, -0.05) is 55.4 Å². The Morgan fingerprint density at radius 3 is 1.80 bits per heavy atom. The van der Waals surface area contributed by atoms with Gasteiger partial charge in [-0.05, 0) is 41.9 Å². The predicted octanol–water partition coefficient (Wildman–Crippen LogP) is 5.45. The first-order chi connectivity index (χ1) is 8.89. The molecule has 0 aliphatic heterocycles. The van der Waals surface area contributed by atoms with Gasteiger partial charge in [-0.3, -0.25) is 4.79 Å². The number of rotatable bonds is 7. The van der Waals surface area contributed by atoms with Crippen molar-refractivity contribution in [1.82, 2.24) is 0 Å². The third kappa shape index (κ3) is 12.5. The molecule has 0 radical (unpaired) electrons. The van der Waals surface area contributed by atoms with Crippen LogP contribution in [0.2, 0.25) is 0 Å². The lowest BCUT2D eigenvalue weighted by Crippen LogP contribution is -2.17. The van der Waals surface area contributed by atoms with Crippen molar-refractivity contribution in [2.45, 2.75) is 81.1 Å². The molecular weight excluding hydrogens is 248 g/mol. The molecular formula is C18H36O2. The molecule has 120 valence electrons. The summed E-state index contributed by atoms with van der Waals surface area (Å²) < 4.78 is 5.37. The monoisotopic (exact) mass is 284 g/mol. The Labute approximate surface area is 126 Å². The first kappa shape index (κ1) is 19.5. The van der Waals surface area contributed by atoms with E-state index in [0.29, 0.717) is 30.3 Å². The third-order valence-electron chi connectivity index (χ3n) is 3.31. The maximum atomic E-state index is 11.8. The summed E-state index contributed by atoms with van der Waals surface area (Å²) >= 11 is 0. The second-order valence-electron chi connectivity index (χ2n) is 8.95. The maximum absolute atomic E-state index is 11.8. The van der Waals surface area contributed by atoms with Crippen LogP contribution < -0.4 is 0 Å². The van der Waals surface area contributed by atoms with Gasteiger partial charge in [-0.25, -0.2) is 0 Å². The Hall–Kier alpha value is -0.530. The Balaban J connectivity index is 3.84. The van der Waals surface area contributed by atoms with E-state index in [-0.39, 0.29) is 11.4 Å². The lowest BCUT2D eigenvalue weighted by Gasteiger charge is -2.24. The summed E-state index contributed by atoms with van der Waals surface area (Å²) in [4.78, 5) is 11.8. The molecule has 0 fully saturated rings. The standard InChI is InChI=1S/C18H36O2/c1-14(12-17(3,4)5)9-10-20-16(19)11-15(2)13-18(6,7)8/h14-15H,9-13H2,1-8H3. The zero-order valence-corrected chi connectivity index (χ0v) is 15.0. The Morgan fingerprint density at radius 2 is 1.35 bits per heavy atom. The smallest absolute Gasteiger partial charge is 0.306 e. The number of esters is 1. The number of carbonyl (C=O) groups is 1. The van der Waals surface area contributed by atoms with Crippen LogP contribution in [0.25, 0.3) is 0 Å². The minimum atomic E-state index is -0.0373. The van der Waals surface area contributed by atoms with Crippen LogP contribution in [0.3, 0.4) is 0 Å². The SMILES string of the molecule is CC(CCOC(=O)CC(C)CC(C)(C)C)CC(C)(C)C. The number of hydrogen-bond acceptors (Lipinski definition) is 2. The fraction of sp³-hybridized carbons (Fsp3) is 0.944. The van der Waals surface area contributed by atoms with E-state index in [1.54, 1.807) is 0 Å². The van der Waals surface area contributed by atoms with Gasteiger partial charge in [0.1, 0.15) is 0 Å². The van der Waals surface area contributed by atoms with Crippen molar-refractivity contribution in [3.8, 4) is 0 Å². The highest BCUT2D eigenvalue weighted by molar-refractivity contribution is 5.69. The van der Waals surface area contributed by atoms with Gasteiger partial charge in [0.2, 0.25) is 0 Å². The molecule has 0 rings (SSSR count). The summed E-state index contributed by atoms with van der Waals surface area (Å²) in [6.07, 6.45) is 3.75. The molecule has 2 unspecified atom stereocenters. The lowest BCUT2D eigenvalue weighted by molar-refractivity contribution is -0.145. The minimum Gasteiger partial charge on any atom is -0.466 e. The fourth-order valence-corrected chi connectivity index (χ4v) is 2.98. The highest BCUT2D eigenvalue weighted by atomic mass is 16.5. The molecule has 0 spiro atoms. The summed E-state index contributed by atoms with van der Waals surface area (Å²) in [6, 6.07) is 0. The molecule has 2 atom stereocenters. The molecule has 2 heteroatoms. The summed E-state index contributed by atoms with van der Waals surface area (Å²) in [6.45, 7) is 18.3. The highest BCUT2D eigenvalue weighted by Crippen LogP contribution is 2.27. The average molecular weight is 284 g/mol. The summed E-state index contributed by atoms with van der Waals surface area (Å²) in [5.74, 6) is 0.967. The molecule has 0 saturated carbocycles. The van der Waals surface area contributed by atoms with Crippen molar-refractivity contribution in [1.29, 1.82) is 0 Å².